The maximum absolute atomic E-state index is 11.9. The third kappa shape index (κ3) is 3.45. The molecule has 0 saturated carbocycles. The normalized spacial score (nSPS) is 10.8. The molecule has 0 aliphatic carbocycles. The van der Waals surface area contributed by atoms with Crippen LogP contribution in [0, 0.1) is 6.92 Å². The zero-order chi connectivity index (χ0) is 12.4. The van der Waals surface area contributed by atoms with Gasteiger partial charge in [0.2, 0.25) is 0 Å². The van der Waals surface area contributed by atoms with Crippen molar-refractivity contribution in [1.82, 2.24) is 4.98 Å². The van der Waals surface area contributed by atoms with Crippen LogP contribution in [0.3, 0.4) is 0 Å². The highest BCUT2D eigenvalue weighted by Crippen LogP contribution is 2.32. The fraction of sp³-hybridized carbons (Fsp3) is 0.200. The molecule has 2 aromatic rings. The van der Waals surface area contributed by atoms with E-state index in [1.807, 2.05) is 12.3 Å². The molecular formula is C10H7Cl2NOS3. The van der Waals surface area contributed by atoms with E-state index in [1.54, 1.807) is 6.07 Å². The third-order valence-corrected chi connectivity index (χ3v) is 5.51. The molecule has 2 heterocycles. The zero-order valence-electron chi connectivity index (χ0n) is 8.70. The molecule has 0 amide bonds. The molecule has 17 heavy (non-hydrogen) atoms. The number of hydrogen-bond donors (Lipinski definition) is 0. The van der Waals surface area contributed by atoms with Gasteiger partial charge in [-0.25, -0.2) is 4.98 Å². The van der Waals surface area contributed by atoms with Crippen LogP contribution in [0.15, 0.2) is 15.8 Å². The van der Waals surface area contributed by atoms with E-state index in [9.17, 15) is 4.79 Å². The van der Waals surface area contributed by atoms with Gasteiger partial charge < -0.3 is 0 Å². The largest absolute Gasteiger partial charge is 0.293 e. The van der Waals surface area contributed by atoms with Gasteiger partial charge in [-0.2, -0.15) is 0 Å². The molecule has 0 saturated heterocycles. The average molecular weight is 324 g/mol. The minimum Gasteiger partial charge on any atom is -0.293 e. The minimum atomic E-state index is -0.0176. The van der Waals surface area contributed by atoms with Crippen molar-refractivity contribution in [3.8, 4) is 0 Å². The molecule has 0 aromatic carbocycles. The molecule has 90 valence electrons. The molecule has 0 spiro atoms. The number of aromatic nitrogens is 1. The van der Waals surface area contributed by atoms with Gasteiger partial charge in [0.15, 0.2) is 10.1 Å². The van der Waals surface area contributed by atoms with Crippen LogP contribution in [0.2, 0.25) is 8.67 Å². The van der Waals surface area contributed by atoms with Crippen molar-refractivity contribution < 1.29 is 4.79 Å². The van der Waals surface area contributed by atoms with Gasteiger partial charge in [0.25, 0.3) is 0 Å². The highest BCUT2D eigenvalue weighted by Gasteiger charge is 2.15. The van der Waals surface area contributed by atoms with E-state index in [1.165, 1.54) is 34.4 Å². The van der Waals surface area contributed by atoms with E-state index in [0.29, 0.717) is 20.0 Å². The summed E-state index contributed by atoms with van der Waals surface area (Å²) in [5.41, 5.74) is 1.48. The van der Waals surface area contributed by atoms with Crippen molar-refractivity contribution in [3.05, 3.63) is 31.4 Å². The zero-order valence-corrected chi connectivity index (χ0v) is 12.7. The Labute approximate surface area is 121 Å². The van der Waals surface area contributed by atoms with Crippen molar-refractivity contribution >= 4 is 63.4 Å². The lowest BCUT2D eigenvalue weighted by atomic mass is 10.2. The number of Topliss-reactive ketones (excluding diaryl/α,β-unsaturated/α-hetero) is 1. The van der Waals surface area contributed by atoms with E-state index >= 15 is 0 Å². The molecule has 0 N–H and O–H groups in total. The van der Waals surface area contributed by atoms with Gasteiger partial charge in [0.05, 0.1) is 10.1 Å². The second kappa shape index (κ2) is 5.71. The summed E-state index contributed by atoms with van der Waals surface area (Å²) < 4.78 is 1.89. The number of thiophene rings is 1. The van der Waals surface area contributed by atoms with Crippen molar-refractivity contribution in [3.63, 3.8) is 0 Å². The lowest BCUT2D eigenvalue weighted by Crippen LogP contribution is -2.00. The number of thiazole rings is 1. The van der Waals surface area contributed by atoms with Crippen LogP contribution in [-0.2, 0) is 0 Å². The SMILES string of the molecule is Cc1csc(SCC(=O)c2cc(Cl)sc2Cl)n1. The summed E-state index contributed by atoms with van der Waals surface area (Å²) >= 11 is 15.9. The number of hydrogen-bond acceptors (Lipinski definition) is 5. The second-order valence-electron chi connectivity index (χ2n) is 3.20. The predicted octanol–water partition coefficient (Wildman–Crippen LogP) is 4.79. The summed E-state index contributed by atoms with van der Waals surface area (Å²) in [7, 11) is 0. The highest BCUT2D eigenvalue weighted by molar-refractivity contribution is 8.01. The Balaban J connectivity index is 2.00. The van der Waals surface area contributed by atoms with E-state index in [4.69, 9.17) is 23.2 Å². The molecular weight excluding hydrogens is 317 g/mol. The van der Waals surface area contributed by atoms with Crippen LogP contribution in [0.1, 0.15) is 16.1 Å². The van der Waals surface area contributed by atoms with Crippen LogP contribution >= 0.6 is 57.6 Å². The molecule has 2 nitrogen and oxygen atoms in total. The lowest BCUT2D eigenvalue weighted by molar-refractivity contribution is 0.102. The maximum atomic E-state index is 11.9. The van der Waals surface area contributed by atoms with Gasteiger partial charge >= 0.3 is 0 Å². The average Bonchev–Trinajstić information content (AvgIpc) is 2.81. The van der Waals surface area contributed by atoms with Crippen LogP contribution < -0.4 is 0 Å². The van der Waals surface area contributed by atoms with E-state index in [2.05, 4.69) is 4.98 Å². The number of rotatable bonds is 4. The van der Waals surface area contributed by atoms with Gasteiger partial charge in [-0.1, -0.05) is 35.0 Å². The van der Waals surface area contributed by atoms with Crippen molar-refractivity contribution in [2.24, 2.45) is 0 Å². The molecule has 0 aliphatic heterocycles. The highest BCUT2D eigenvalue weighted by atomic mass is 35.5. The standard InChI is InChI=1S/C10H7Cl2NOS3/c1-5-3-15-10(13-5)16-4-7(14)6-2-8(11)17-9(6)12/h2-3H,4H2,1H3. The summed E-state index contributed by atoms with van der Waals surface area (Å²) in [6.45, 7) is 1.93. The lowest BCUT2D eigenvalue weighted by Gasteiger charge is -1.96. The Bertz CT molecular complexity index is 549. The van der Waals surface area contributed by atoms with Gasteiger partial charge in [0, 0.05) is 16.6 Å². The summed E-state index contributed by atoms with van der Waals surface area (Å²) in [6.07, 6.45) is 0. The first kappa shape index (κ1) is 13.4. The van der Waals surface area contributed by atoms with Gasteiger partial charge in [-0.05, 0) is 13.0 Å². The molecule has 2 aromatic heterocycles. The van der Waals surface area contributed by atoms with E-state index in [0.717, 1.165) is 10.0 Å². The van der Waals surface area contributed by atoms with Crippen LogP contribution in [0.25, 0.3) is 0 Å². The molecule has 0 aliphatic rings. The van der Waals surface area contributed by atoms with Gasteiger partial charge in [-0.3, -0.25) is 4.79 Å². The minimum absolute atomic E-state index is 0.0176. The third-order valence-electron chi connectivity index (χ3n) is 1.88. The quantitative estimate of drug-likeness (QED) is 0.598. The Morgan fingerprint density at radius 1 is 1.53 bits per heavy atom. The molecule has 2 rings (SSSR count). The number of nitrogens with zero attached hydrogens (tertiary/aromatic N) is 1. The van der Waals surface area contributed by atoms with E-state index in [-0.39, 0.29) is 5.78 Å². The van der Waals surface area contributed by atoms with Crippen molar-refractivity contribution in [1.29, 1.82) is 0 Å². The molecule has 0 atom stereocenters. The predicted molar refractivity (Wildman–Crippen MR) is 76.2 cm³/mol. The molecule has 0 fully saturated rings. The monoisotopic (exact) mass is 323 g/mol. The summed E-state index contributed by atoms with van der Waals surface area (Å²) in [5.74, 6) is 0.315. The Kier molecular flexibility index (Phi) is 4.49. The van der Waals surface area contributed by atoms with Gasteiger partial charge in [-0.15, -0.1) is 22.7 Å². The fourth-order valence-corrected chi connectivity index (χ4v) is 4.37. The maximum Gasteiger partial charge on any atom is 0.175 e. The van der Waals surface area contributed by atoms with Gasteiger partial charge in [0.1, 0.15) is 4.34 Å². The molecule has 0 unspecified atom stereocenters. The Hall–Kier alpha value is -0.0700. The molecule has 0 bridgehead atoms. The number of thioether (sulfide) groups is 1. The Morgan fingerprint density at radius 2 is 2.29 bits per heavy atom. The van der Waals surface area contributed by atoms with Crippen molar-refractivity contribution in [2.75, 3.05) is 5.75 Å². The van der Waals surface area contributed by atoms with Crippen LogP contribution in [-0.4, -0.2) is 16.5 Å². The van der Waals surface area contributed by atoms with Crippen molar-refractivity contribution in [2.45, 2.75) is 11.3 Å². The Morgan fingerprint density at radius 3 is 2.82 bits per heavy atom. The number of ketones is 1. The smallest absolute Gasteiger partial charge is 0.175 e. The molecule has 0 radical (unpaired) electrons. The first-order valence-corrected chi connectivity index (χ1v) is 8.03. The fourth-order valence-electron chi connectivity index (χ4n) is 1.13. The van der Waals surface area contributed by atoms with E-state index < -0.39 is 0 Å². The number of carbonyl (C=O) groups excluding carboxylic acids is 1. The number of carbonyl (C=O) groups is 1. The summed E-state index contributed by atoms with van der Waals surface area (Å²) in [5, 5.41) is 1.96. The summed E-state index contributed by atoms with van der Waals surface area (Å²) in [4.78, 5) is 16.2. The van der Waals surface area contributed by atoms with Crippen LogP contribution in [0.4, 0.5) is 0 Å². The molecule has 7 heteroatoms. The van der Waals surface area contributed by atoms with Crippen LogP contribution in [0.5, 0.6) is 0 Å². The first-order valence-electron chi connectivity index (χ1n) is 4.59. The second-order valence-corrected chi connectivity index (χ2v) is 7.57. The number of halogens is 2. The first-order chi connectivity index (χ1) is 8.06. The summed E-state index contributed by atoms with van der Waals surface area (Å²) in [6, 6.07) is 1.62. The number of aryl methyl sites for hydroxylation is 1. The topological polar surface area (TPSA) is 30.0 Å².